The predicted molar refractivity (Wildman–Crippen MR) is 150 cm³/mol. The number of amides is 1. The van der Waals surface area contributed by atoms with Gasteiger partial charge in [-0.05, 0) is 41.5 Å². The van der Waals surface area contributed by atoms with Crippen LogP contribution in [0.2, 0.25) is 0 Å². The van der Waals surface area contributed by atoms with Crippen molar-refractivity contribution in [1.29, 1.82) is 5.41 Å². The molecule has 6 N–H and O–H groups in total. The fourth-order valence-corrected chi connectivity index (χ4v) is 4.15. The molecular formula is C28H33F4N7O. The van der Waals surface area contributed by atoms with Gasteiger partial charge in [0.25, 0.3) is 0 Å². The number of hydrogen-bond donors (Lipinski definition) is 5. The Morgan fingerprint density at radius 3 is 2.50 bits per heavy atom. The van der Waals surface area contributed by atoms with E-state index in [1.54, 1.807) is 12.1 Å². The van der Waals surface area contributed by atoms with Gasteiger partial charge in [-0.15, -0.1) is 0 Å². The molecule has 0 aliphatic carbocycles. The fourth-order valence-electron chi connectivity index (χ4n) is 4.15. The van der Waals surface area contributed by atoms with Gasteiger partial charge in [0.2, 0.25) is 5.91 Å². The average Bonchev–Trinajstić information content (AvgIpc) is 2.94. The van der Waals surface area contributed by atoms with Gasteiger partial charge in [-0.2, -0.15) is 13.2 Å². The number of piperazine rings is 1. The van der Waals surface area contributed by atoms with Crippen molar-refractivity contribution < 1.29 is 22.4 Å². The van der Waals surface area contributed by atoms with Crippen LogP contribution in [0.4, 0.5) is 34.8 Å². The molecule has 0 radical (unpaired) electrons. The highest BCUT2D eigenvalue weighted by Gasteiger charge is 2.34. The largest absolute Gasteiger partial charge is 0.416 e. The van der Waals surface area contributed by atoms with Crippen LogP contribution in [-0.2, 0) is 17.5 Å². The first-order valence-electron chi connectivity index (χ1n) is 12.9. The van der Waals surface area contributed by atoms with Gasteiger partial charge in [0.1, 0.15) is 11.6 Å². The standard InChI is InChI=1S/C26H27F4N7O.C2H6/c27-22-10-16(19-9-18(12-31)25(32)35-13-19)2-4-23(22)34-14-24(38)36-20-3-1-17(21(11-20)26(28,29)30)15-37-7-5-33-6-8-37;1-2/h1-4,9-13,31,33-34H,5-8,14-15H2,(H2,32,35)(H,36,38);1-2H3. The molecule has 1 saturated heterocycles. The molecule has 214 valence electrons. The minimum Gasteiger partial charge on any atom is -0.383 e. The second-order valence-corrected chi connectivity index (χ2v) is 8.83. The van der Waals surface area contributed by atoms with E-state index in [0.29, 0.717) is 29.8 Å². The number of carbonyl (C=O) groups is 1. The monoisotopic (exact) mass is 559 g/mol. The van der Waals surface area contributed by atoms with E-state index in [2.05, 4.69) is 20.9 Å². The maximum atomic E-state index is 14.7. The average molecular weight is 560 g/mol. The minimum atomic E-state index is -4.58. The topological polar surface area (TPSA) is 119 Å². The lowest BCUT2D eigenvalue weighted by atomic mass is 10.0. The Kier molecular flexibility index (Phi) is 10.6. The SMILES string of the molecule is CC.N=Cc1cc(-c2ccc(NCC(=O)Nc3ccc(CN4CCNCC4)c(C(F)(F)F)c3)c(F)c2)cnc1N. The number of nitrogen functional groups attached to an aromatic ring is 1. The highest BCUT2D eigenvalue weighted by atomic mass is 19.4. The van der Waals surface area contributed by atoms with Crippen molar-refractivity contribution in [3.8, 4) is 11.1 Å². The van der Waals surface area contributed by atoms with Gasteiger partial charge in [0.15, 0.2) is 0 Å². The molecule has 1 aromatic heterocycles. The molecule has 2 heterocycles. The van der Waals surface area contributed by atoms with E-state index < -0.39 is 23.5 Å². The first kappa shape index (κ1) is 30.5. The number of nitrogens with zero attached hydrogens (tertiary/aromatic N) is 2. The predicted octanol–water partition coefficient (Wildman–Crippen LogP) is 4.97. The molecular weight excluding hydrogens is 526 g/mol. The van der Waals surface area contributed by atoms with E-state index in [1.807, 2.05) is 18.7 Å². The molecule has 1 aliphatic rings. The van der Waals surface area contributed by atoms with E-state index in [1.165, 1.54) is 30.5 Å². The van der Waals surface area contributed by atoms with Gasteiger partial charge in [-0.3, -0.25) is 9.69 Å². The van der Waals surface area contributed by atoms with E-state index in [0.717, 1.165) is 25.4 Å². The molecule has 2 aromatic carbocycles. The molecule has 0 bridgehead atoms. The summed E-state index contributed by atoms with van der Waals surface area (Å²) in [5.74, 6) is -1.08. The van der Waals surface area contributed by atoms with Crippen molar-refractivity contribution in [2.24, 2.45) is 0 Å². The first-order chi connectivity index (χ1) is 19.1. The summed E-state index contributed by atoms with van der Waals surface area (Å²) in [6, 6.07) is 9.63. The van der Waals surface area contributed by atoms with Crippen LogP contribution in [0.15, 0.2) is 48.7 Å². The lowest BCUT2D eigenvalue weighted by Gasteiger charge is -2.28. The number of hydrogen-bond acceptors (Lipinski definition) is 7. The van der Waals surface area contributed by atoms with Crippen molar-refractivity contribution in [2.45, 2.75) is 26.6 Å². The van der Waals surface area contributed by atoms with E-state index in [9.17, 15) is 22.4 Å². The summed E-state index contributed by atoms with van der Waals surface area (Å²) in [7, 11) is 0. The van der Waals surface area contributed by atoms with Gasteiger partial charge in [-0.1, -0.05) is 26.0 Å². The zero-order valence-electron chi connectivity index (χ0n) is 22.3. The third kappa shape index (κ3) is 7.99. The Morgan fingerprint density at radius 1 is 1.12 bits per heavy atom. The van der Waals surface area contributed by atoms with E-state index in [-0.39, 0.29) is 35.8 Å². The number of benzene rings is 2. The number of aromatic nitrogens is 1. The molecule has 40 heavy (non-hydrogen) atoms. The van der Waals surface area contributed by atoms with Gasteiger partial charge in [0, 0.05) is 61.9 Å². The number of pyridine rings is 1. The molecule has 8 nitrogen and oxygen atoms in total. The van der Waals surface area contributed by atoms with Crippen LogP contribution in [0.1, 0.15) is 30.5 Å². The normalized spacial score (nSPS) is 13.7. The van der Waals surface area contributed by atoms with Crippen molar-refractivity contribution in [2.75, 3.05) is 49.1 Å². The summed E-state index contributed by atoms with van der Waals surface area (Å²) in [6.07, 6.45) is -2.07. The first-order valence-corrected chi connectivity index (χ1v) is 12.9. The van der Waals surface area contributed by atoms with Gasteiger partial charge in [0.05, 0.1) is 17.8 Å². The molecule has 1 amide bonds. The van der Waals surface area contributed by atoms with Crippen LogP contribution in [0.3, 0.4) is 0 Å². The molecule has 12 heteroatoms. The molecule has 4 rings (SSSR count). The molecule has 1 aliphatic heterocycles. The van der Waals surface area contributed by atoms with Crippen LogP contribution in [0.5, 0.6) is 0 Å². The maximum absolute atomic E-state index is 14.7. The summed E-state index contributed by atoms with van der Waals surface area (Å²) in [5.41, 5.74) is 6.52. The van der Waals surface area contributed by atoms with Crippen LogP contribution in [0, 0.1) is 11.2 Å². The molecule has 0 atom stereocenters. The third-order valence-corrected chi connectivity index (χ3v) is 6.15. The highest BCUT2D eigenvalue weighted by Crippen LogP contribution is 2.34. The molecule has 0 spiro atoms. The smallest absolute Gasteiger partial charge is 0.383 e. The highest BCUT2D eigenvalue weighted by molar-refractivity contribution is 5.94. The maximum Gasteiger partial charge on any atom is 0.416 e. The number of carbonyl (C=O) groups excluding carboxylic acids is 1. The Bertz CT molecular complexity index is 1320. The van der Waals surface area contributed by atoms with Crippen molar-refractivity contribution in [3.05, 3.63) is 71.2 Å². The van der Waals surface area contributed by atoms with Crippen LogP contribution in [-0.4, -0.2) is 54.7 Å². The molecule has 0 unspecified atom stereocenters. The van der Waals surface area contributed by atoms with Crippen molar-refractivity contribution >= 4 is 29.3 Å². The fraction of sp³-hybridized carbons (Fsp3) is 0.321. The summed E-state index contributed by atoms with van der Waals surface area (Å²) in [5, 5.41) is 15.6. The Balaban J connectivity index is 0.00000216. The quantitative estimate of drug-likeness (QED) is 0.197. The van der Waals surface area contributed by atoms with Crippen LogP contribution < -0.4 is 21.7 Å². The second-order valence-electron chi connectivity index (χ2n) is 8.83. The van der Waals surface area contributed by atoms with Gasteiger partial charge in [-0.25, -0.2) is 9.37 Å². The third-order valence-electron chi connectivity index (χ3n) is 6.15. The number of nitrogens with one attached hydrogen (secondary N) is 4. The van der Waals surface area contributed by atoms with Crippen molar-refractivity contribution in [1.82, 2.24) is 15.2 Å². The number of halogens is 4. The minimum absolute atomic E-state index is 0.00172. The van der Waals surface area contributed by atoms with E-state index in [4.69, 9.17) is 11.1 Å². The summed E-state index contributed by atoms with van der Waals surface area (Å²) in [6.45, 7) is 6.55. The lowest BCUT2D eigenvalue weighted by Crippen LogP contribution is -2.43. The van der Waals surface area contributed by atoms with E-state index >= 15 is 0 Å². The van der Waals surface area contributed by atoms with Crippen molar-refractivity contribution in [3.63, 3.8) is 0 Å². The Morgan fingerprint density at radius 2 is 1.85 bits per heavy atom. The molecule has 1 fully saturated rings. The molecule has 0 saturated carbocycles. The van der Waals surface area contributed by atoms with Crippen LogP contribution in [0.25, 0.3) is 11.1 Å². The zero-order valence-corrected chi connectivity index (χ0v) is 22.3. The number of nitrogens with two attached hydrogens (primary N) is 1. The number of anilines is 3. The van der Waals surface area contributed by atoms with Gasteiger partial charge >= 0.3 is 6.18 Å². The summed E-state index contributed by atoms with van der Waals surface area (Å²) in [4.78, 5) is 18.4. The summed E-state index contributed by atoms with van der Waals surface area (Å²) < 4.78 is 55.9. The van der Waals surface area contributed by atoms with Crippen LogP contribution >= 0.6 is 0 Å². The Labute approximate surface area is 230 Å². The molecule has 3 aromatic rings. The summed E-state index contributed by atoms with van der Waals surface area (Å²) >= 11 is 0. The van der Waals surface area contributed by atoms with Gasteiger partial charge < -0.3 is 27.1 Å². The Hall–Kier alpha value is -4.03. The second kappa shape index (κ2) is 13.9. The number of rotatable bonds is 8. The lowest BCUT2D eigenvalue weighted by molar-refractivity contribution is -0.138. The zero-order chi connectivity index (χ0) is 29.3. The number of alkyl halides is 3.